The molecule has 6 nitrogen and oxygen atoms in total. The van der Waals surface area contributed by atoms with Gasteiger partial charge < -0.3 is 15.7 Å². The van der Waals surface area contributed by atoms with Crippen molar-refractivity contribution in [3.05, 3.63) is 93.8 Å². The number of anilines is 2. The van der Waals surface area contributed by atoms with Crippen molar-refractivity contribution in [2.75, 3.05) is 16.8 Å². The third-order valence-corrected chi connectivity index (χ3v) is 6.44. The van der Waals surface area contributed by atoms with E-state index < -0.39 is 42.4 Å². The summed E-state index contributed by atoms with van der Waals surface area (Å²) in [7, 11) is 0. The summed E-state index contributed by atoms with van der Waals surface area (Å²) < 4.78 is 41.3. The van der Waals surface area contributed by atoms with Crippen molar-refractivity contribution in [2.24, 2.45) is 0 Å². The van der Waals surface area contributed by atoms with Crippen LogP contribution < -0.4 is 15.5 Å². The van der Waals surface area contributed by atoms with E-state index in [0.717, 1.165) is 4.90 Å². The van der Waals surface area contributed by atoms with E-state index >= 15 is 0 Å². The van der Waals surface area contributed by atoms with Crippen molar-refractivity contribution >= 4 is 34.9 Å². The van der Waals surface area contributed by atoms with Crippen LogP contribution in [0.3, 0.4) is 0 Å². The molecule has 0 saturated heterocycles. The smallest absolute Gasteiger partial charge is 0.326 e. The monoisotopic (exact) mass is 487 g/mol. The molecule has 5 rings (SSSR count). The quantitative estimate of drug-likeness (QED) is 0.495. The van der Waals surface area contributed by atoms with Crippen LogP contribution >= 0.6 is 11.6 Å². The molecule has 0 aromatic heterocycles. The molecule has 0 saturated carbocycles. The van der Waals surface area contributed by atoms with Gasteiger partial charge in [-0.1, -0.05) is 35.9 Å². The van der Waals surface area contributed by atoms with Gasteiger partial charge in [-0.15, -0.1) is 0 Å². The minimum Gasteiger partial charge on any atom is -0.377 e. The molecule has 2 aliphatic rings. The molecule has 34 heavy (non-hydrogen) atoms. The SMILES string of the molecule is O=C1NC(c2cc(F)ccc2Cl)c2c(NC(=O)N3CC(O)(C(F)F)c4ccccc43)cccc21. The highest BCUT2D eigenvalue weighted by molar-refractivity contribution is 6.31. The Labute approximate surface area is 197 Å². The first-order valence-electron chi connectivity index (χ1n) is 10.3. The summed E-state index contributed by atoms with van der Waals surface area (Å²) >= 11 is 6.26. The first-order chi connectivity index (χ1) is 16.2. The van der Waals surface area contributed by atoms with Gasteiger partial charge in [0.05, 0.1) is 18.3 Å². The van der Waals surface area contributed by atoms with Crippen LogP contribution in [0.4, 0.5) is 29.3 Å². The number of alkyl halides is 2. The number of nitrogens with zero attached hydrogens (tertiary/aromatic N) is 1. The van der Waals surface area contributed by atoms with Crippen molar-refractivity contribution < 1.29 is 27.9 Å². The fourth-order valence-electron chi connectivity index (χ4n) is 4.47. The number of hydrogen-bond acceptors (Lipinski definition) is 3. The number of rotatable bonds is 3. The Kier molecular flexibility index (Phi) is 5.26. The summed E-state index contributed by atoms with van der Waals surface area (Å²) in [6.45, 7) is -0.652. The Bertz CT molecular complexity index is 1340. The highest BCUT2D eigenvalue weighted by Gasteiger charge is 2.50. The molecule has 0 spiro atoms. The summed E-state index contributed by atoms with van der Waals surface area (Å²) in [5.41, 5.74) is -1.28. The van der Waals surface area contributed by atoms with Crippen LogP contribution in [-0.4, -0.2) is 30.0 Å². The molecule has 2 unspecified atom stereocenters. The van der Waals surface area contributed by atoms with E-state index in [1.807, 2.05) is 0 Å². The lowest BCUT2D eigenvalue weighted by molar-refractivity contribution is -0.0890. The third-order valence-electron chi connectivity index (χ3n) is 6.09. The lowest BCUT2D eigenvalue weighted by Crippen LogP contribution is -2.43. The van der Waals surface area contributed by atoms with E-state index in [2.05, 4.69) is 10.6 Å². The summed E-state index contributed by atoms with van der Waals surface area (Å²) in [4.78, 5) is 26.8. The van der Waals surface area contributed by atoms with Gasteiger partial charge in [-0.05, 0) is 36.4 Å². The van der Waals surface area contributed by atoms with Crippen LogP contribution in [0.5, 0.6) is 0 Å². The van der Waals surface area contributed by atoms with Gasteiger partial charge >= 0.3 is 6.03 Å². The van der Waals surface area contributed by atoms with Gasteiger partial charge in [0.1, 0.15) is 5.82 Å². The number of carbonyl (C=O) groups is 2. The molecular weight excluding hydrogens is 471 g/mol. The van der Waals surface area contributed by atoms with Gasteiger partial charge in [-0.3, -0.25) is 9.69 Å². The summed E-state index contributed by atoms with van der Waals surface area (Å²) in [6.07, 6.45) is -3.12. The van der Waals surface area contributed by atoms with Crippen LogP contribution in [-0.2, 0) is 5.60 Å². The van der Waals surface area contributed by atoms with Crippen molar-refractivity contribution in [2.45, 2.75) is 18.1 Å². The van der Waals surface area contributed by atoms with Crippen LogP contribution in [0, 0.1) is 5.82 Å². The molecule has 3 amide bonds. The van der Waals surface area contributed by atoms with Gasteiger partial charge in [-0.2, -0.15) is 0 Å². The Morgan fingerprint density at radius 3 is 2.71 bits per heavy atom. The minimum atomic E-state index is -3.12. The number of aliphatic hydroxyl groups is 1. The minimum absolute atomic E-state index is 0.0558. The number of nitrogens with one attached hydrogen (secondary N) is 2. The number of fused-ring (bicyclic) bond motifs is 2. The van der Waals surface area contributed by atoms with Crippen molar-refractivity contribution in [1.29, 1.82) is 0 Å². The summed E-state index contributed by atoms with van der Waals surface area (Å²) in [5, 5.41) is 16.2. The second-order valence-electron chi connectivity index (χ2n) is 8.10. The maximum atomic E-state index is 13.9. The number of halogens is 4. The summed E-state index contributed by atoms with van der Waals surface area (Å²) in [6, 6.07) is 12.7. The number of urea groups is 1. The van der Waals surface area contributed by atoms with E-state index in [9.17, 15) is 27.9 Å². The van der Waals surface area contributed by atoms with Crippen LogP contribution in [0.15, 0.2) is 60.7 Å². The van der Waals surface area contributed by atoms with Gasteiger partial charge in [0.25, 0.3) is 12.3 Å². The standard InChI is InChI=1S/C24H17ClF3N3O3/c25-16-9-8-12(26)10-14(16)20-19-13(21(32)30-20)4-3-6-17(19)29-23(33)31-11-24(34,22(27)28)15-5-1-2-7-18(15)31/h1-10,20,22,34H,11H2,(H,29,33)(H,30,32). The fourth-order valence-corrected chi connectivity index (χ4v) is 4.70. The number of amides is 3. The number of carbonyl (C=O) groups excluding carboxylic acids is 2. The molecule has 0 bridgehead atoms. The van der Waals surface area contributed by atoms with Gasteiger partial charge in [0.15, 0.2) is 5.60 Å². The highest BCUT2D eigenvalue weighted by atomic mass is 35.5. The Morgan fingerprint density at radius 2 is 1.94 bits per heavy atom. The zero-order chi connectivity index (χ0) is 24.2. The number of para-hydroxylation sites is 1. The zero-order valence-electron chi connectivity index (χ0n) is 17.4. The molecule has 10 heteroatoms. The van der Waals surface area contributed by atoms with Gasteiger partial charge in [0.2, 0.25) is 0 Å². The largest absolute Gasteiger partial charge is 0.377 e. The summed E-state index contributed by atoms with van der Waals surface area (Å²) in [5.74, 6) is -0.987. The highest BCUT2D eigenvalue weighted by Crippen LogP contribution is 2.44. The average molecular weight is 488 g/mol. The molecule has 0 aliphatic carbocycles. The van der Waals surface area contributed by atoms with E-state index in [1.54, 1.807) is 24.3 Å². The number of β-amino-alcohol motifs (C(OH)–C–C–N with tert-alkyl or cyclic N) is 1. The fraction of sp³-hybridized carbons (Fsp3) is 0.167. The van der Waals surface area contributed by atoms with Gasteiger partial charge in [0, 0.05) is 33.0 Å². The average Bonchev–Trinajstić information content (AvgIpc) is 3.32. The Morgan fingerprint density at radius 1 is 1.18 bits per heavy atom. The molecule has 2 atom stereocenters. The van der Waals surface area contributed by atoms with Crippen LogP contribution in [0.1, 0.15) is 33.1 Å². The van der Waals surface area contributed by atoms with E-state index in [0.29, 0.717) is 11.1 Å². The van der Waals surface area contributed by atoms with Gasteiger partial charge in [-0.25, -0.2) is 18.0 Å². The Hall–Kier alpha value is -3.56. The van der Waals surface area contributed by atoms with Crippen molar-refractivity contribution in [3.8, 4) is 0 Å². The van der Waals surface area contributed by atoms with Crippen LogP contribution in [0.25, 0.3) is 0 Å². The lowest BCUT2D eigenvalue weighted by Gasteiger charge is -2.24. The van der Waals surface area contributed by atoms with Crippen LogP contribution in [0.2, 0.25) is 5.02 Å². The topological polar surface area (TPSA) is 81.7 Å². The van der Waals surface area contributed by atoms with E-state index in [-0.39, 0.29) is 27.5 Å². The molecular formula is C24H17ClF3N3O3. The van der Waals surface area contributed by atoms with Crippen molar-refractivity contribution in [3.63, 3.8) is 0 Å². The first-order valence-corrected chi connectivity index (χ1v) is 10.7. The maximum absolute atomic E-state index is 13.9. The normalized spacial score (nSPS) is 20.8. The molecule has 0 fully saturated rings. The molecule has 2 heterocycles. The Balaban J connectivity index is 1.52. The molecule has 174 valence electrons. The lowest BCUT2D eigenvalue weighted by atomic mass is 9.96. The first kappa shape index (κ1) is 22.2. The zero-order valence-corrected chi connectivity index (χ0v) is 18.1. The number of hydrogen-bond donors (Lipinski definition) is 3. The molecule has 0 radical (unpaired) electrons. The molecule has 3 N–H and O–H groups in total. The van der Waals surface area contributed by atoms with Crippen molar-refractivity contribution in [1.82, 2.24) is 5.32 Å². The van der Waals surface area contributed by atoms with E-state index in [1.165, 1.54) is 36.4 Å². The second kappa shape index (κ2) is 8.03. The molecule has 3 aromatic carbocycles. The third kappa shape index (κ3) is 3.39. The molecule has 2 aliphatic heterocycles. The second-order valence-corrected chi connectivity index (χ2v) is 8.50. The molecule has 3 aromatic rings. The maximum Gasteiger partial charge on any atom is 0.326 e. The van der Waals surface area contributed by atoms with E-state index in [4.69, 9.17) is 11.6 Å². The number of benzene rings is 3. The predicted octanol–water partition coefficient (Wildman–Crippen LogP) is 4.82. The predicted molar refractivity (Wildman–Crippen MR) is 120 cm³/mol.